The molecule has 9 nitrogen and oxygen atoms in total. The number of nitrogens with one attached hydrogen (secondary N) is 2. The number of carbonyl (C=O) groups is 4. The first kappa shape index (κ1) is 16.3. The van der Waals surface area contributed by atoms with E-state index in [1.807, 2.05) is 0 Å². The standard InChI is InChI=1S/C14H16N4O5/c1-8(11(19)18-6-5-16-14(18)22)23-12(20)9-3-2-4-10(7-9)17-13(15)21/h2-4,7-8H,5-6H2,1H3,(H,16,22)(H3,15,17,21)/t8-/m0/s1. The van der Waals surface area contributed by atoms with Crippen LogP contribution in [0.2, 0.25) is 0 Å². The monoisotopic (exact) mass is 320 g/mol. The van der Waals surface area contributed by atoms with Crippen molar-refractivity contribution in [2.45, 2.75) is 13.0 Å². The average Bonchev–Trinajstić information content (AvgIpc) is 2.92. The highest BCUT2D eigenvalue weighted by atomic mass is 16.5. The molecule has 23 heavy (non-hydrogen) atoms. The number of primary amides is 1. The molecule has 0 spiro atoms. The van der Waals surface area contributed by atoms with Gasteiger partial charge < -0.3 is 21.1 Å². The summed E-state index contributed by atoms with van der Waals surface area (Å²) >= 11 is 0. The first-order chi connectivity index (χ1) is 10.9. The zero-order valence-corrected chi connectivity index (χ0v) is 12.4. The zero-order chi connectivity index (χ0) is 17.0. The molecule has 1 aliphatic heterocycles. The number of carbonyl (C=O) groups excluding carboxylic acids is 4. The van der Waals surface area contributed by atoms with Crippen LogP contribution in [0.3, 0.4) is 0 Å². The Hall–Kier alpha value is -3.10. The lowest BCUT2D eigenvalue weighted by Gasteiger charge is -2.18. The largest absolute Gasteiger partial charge is 0.449 e. The van der Waals surface area contributed by atoms with Gasteiger partial charge in [-0.3, -0.25) is 9.69 Å². The molecule has 1 saturated heterocycles. The van der Waals surface area contributed by atoms with Crippen LogP contribution in [0, 0.1) is 0 Å². The first-order valence-electron chi connectivity index (χ1n) is 6.85. The third-order valence-corrected chi connectivity index (χ3v) is 3.12. The van der Waals surface area contributed by atoms with Crippen molar-refractivity contribution in [3.63, 3.8) is 0 Å². The van der Waals surface area contributed by atoms with Gasteiger partial charge in [-0.15, -0.1) is 0 Å². The van der Waals surface area contributed by atoms with Crippen LogP contribution < -0.4 is 16.4 Å². The van der Waals surface area contributed by atoms with Crippen LogP contribution >= 0.6 is 0 Å². The van der Waals surface area contributed by atoms with Crippen molar-refractivity contribution >= 4 is 29.6 Å². The second kappa shape index (κ2) is 6.77. The van der Waals surface area contributed by atoms with E-state index in [1.54, 1.807) is 6.07 Å². The molecule has 1 fully saturated rings. The molecule has 0 unspecified atom stereocenters. The summed E-state index contributed by atoms with van der Waals surface area (Å²) in [6.45, 7) is 1.99. The molecule has 1 aromatic rings. The molecule has 1 aliphatic rings. The van der Waals surface area contributed by atoms with Crippen LogP contribution in [0.4, 0.5) is 15.3 Å². The van der Waals surface area contributed by atoms with Gasteiger partial charge in [0.05, 0.1) is 5.56 Å². The van der Waals surface area contributed by atoms with Crippen molar-refractivity contribution in [2.75, 3.05) is 18.4 Å². The number of hydrogen-bond donors (Lipinski definition) is 3. The van der Waals surface area contributed by atoms with Crippen LogP contribution in [0.5, 0.6) is 0 Å². The van der Waals surface area contributed by atoms with Crippen molar-refractivity contribution in [3.8, 4) is 0 Å². The van der Waals surface area contributed by atoms with Gasteiger partial charge in [0, 0.05) is 18.8 Å². The summed E-state index contributed by atoms with van der Waals surface area (Å²) < 4.78 is 5.06. The second-order valence-corrected chi connectivity index (χ2v) is 4.84. The highest BCUT2D eigenvalue weighted by Gasteiger charge is 2.31. The van der Waals surface area contributed by atoms with Gasteiger partial charge in [0.1, 0.15) is 0 Å². The van der Waals surface area contributed by atoms with Crippen molar-refractivity contribution in [2.24, 2.45) is 5.73 Å². The van der Waals surface area contributed by atoms with Gasteiger partial charge in [-0.1, -0.05) is 6.07 Å². The summed E-state index contributed by atoms with van der Waals surface area (Å²) in [6.07, 6.45) is -1.11. The Labute approximate surface area is 131 Å². The molecule has 0 saturated carbocycles. The molecule has 9 heteroatoms. The average molecular weight is 320 g/mol. The number of nitrogens with zero attached hydrogens (tertiary/aromatic N) is 1. The molecule has 5 amide bonds. The Morgan fingerprint density at radius 2 is 2.13 bits per heavy atom. The molecule has 1 aromatic carbocycles. The van der Waals surface area contributed by atoms with Gasteiger partial charge in [0.15, 0.2) is 6.10 Å². The van der Waals surface area contributed by atoms with Crippen molar-refractivity contribution in [3.05, 3.63) is 29.8 Å². The number of nitrogens with two attached hydrogens (primary N) is 1. The van der Waals surface area contributed by atoms with Gasteiger partial charge >= 0.3 is 18.0 Å². The fraction of sp³-hybridized carbons (Fsp3) is 0.286. The van der Waals surface area contributed by atoms with E-state index in [2.05, 4.69) is 10.6 Å². The van der Waals surface area contributed by atoms with E-state index in [4.69, 9.17) is 10.5 Å². The second-order valence-electron chi connectivity index (χ2n) is 4.84. The van der Waals surface area contributed by atoms with Crippen LogP contribution in [0.15, 0.2) is 24.3 Å². The molecule has 4 N–H and O–H groups in total. The zero-order valence-electron chi connectivity index (χ0n) is 12.4. The molecule has 2 rings (SSSR count). The smallest absolute Gasteiger partial charge is 0.338 e. The molecular weight excluding hydrogens is 304 g/mol. The predicted octanol–water partition coefficient (Wildman–Crippen LogP) is 0.274. The molecule has 122 valence electrons. The Bertz CT molecular complexity index is 660. The fourth-order valence-corrected chi connectivity index (χ4v) is 2.05. The van der Waals surface area contributed by atoms with Crippen molar-refractivity contribution in [1.29, 1.82) is 0 Å². The topological polar surface area (TPSA) is 131 Å². The molecule has 0 bridgehead atoms. The number of esters is 1. The van der Waals surface area contributed by atoms with Crippen LogP contribution in [0.25, 0.3) is 0 Å². The minimum Gasteiger partial charge on any atom is -0.449 e. The van der Waals surface area contributed by atoms with Crippen LogP contribution in [-0.4, -0.2) is 48.0 Å². The highest BCUT2D eigenvalue weighted by Crippen LogP contribution is 2.13. The maximum atomic E-state index is 12.1. The number of ether oxygens (including phenoxy) is 1. The van der Waals surface area contributed by atoms with Gasteiger partial charge in [0.25, 0.3) is 5.91 Å². The molecule has 1 heterocycles. The number of amides is 5. The predicted molar refractivity (Wildman–Crippen MR) is 79.6 cm³/mol. The maximum Gasteiger partial charge on any atom is 0.338 e. The highest BCUT2D eigenvalue weighted by molar-refractivity contribution is 6.00. The summed E-state index contributed by atoms with van der Waals surface area (Å²) in [6, 6.07) is 4.64. The third-order valence-electron chi connectivity index (χ3n) is 3.12. The lowest BCUT2D eigenvalue weighted by molar-refractivity contribution is -0.136. The molecule has 0 radical (unpaired) electrons. The normalized spacial score (nSPS) is 14.8. The SMILES string of the molecule is C[C@H](OC(=O)c1cccc(NC(N)=O)c1)C(=O)N1CCNC1=O. The minimum atomic E-state index is -1.11. The van der Waals surface area contributed by atoms with Crippen LogP contribution in [0.1, 0.15) is 17.3 Å². The molecule has 1 atom stereocenters. The van der Waals surface area contributed by atoms with E-state index in [0.29, 0.717) is 12.2 Å². The number of hydrogen-bond acceptors (Lipinski definition) is 5. The van der Waals surface area contributed by atoms with Gasteiger partial charge in [-0.2, -0.15) is 0 Å². The number of benzene rings is 1. The van der Waals surface area contributed by atoms with E-state index < -0.39 is 30.0 Å². The molecule has 0 aromatic heterocycles. The lowest BCUT2D eigenvalue weighted by Crippen LogP contribution is -2.41. The van der Waals surface area contributed by atoms with E-state index >= 15 is 0 Å². The number of imide groups is 1. The lowest BCUT2D eigenvalue weighted by atomic mass is 10.2. The molecular formula is C14H16N4O5. The van der Waals surface area contributed by atoms with E-state index in [1.165, 1.54) is 25.1 Å². The van der Waals surface area contributed by atoms with Gasteiger partial charge in [-0.05, 0) is 25.1 Å². The van der Waals surface area contributed by atoms with Crippen LogP contribution in [-0.2, 0) is 9.53 Å². The number of anilines is 1. The van der Waals surface area contributed by atoms with E-state index in [9.17, 15) is 19.2 Å². The van der Waals surface area contributed by atoms with Gasteiger partial charge in [-0.25, -0.2) is 14.4 Å². The Kier molecular flexibility index (Phi) is 4.79. The Morgan fingerprint density at radius 1 is 1.39 bits per heavy atom. The van der Waals surface area contributed by atoms with Crippen molar-refractivity contribution < 1.29 is 23.9 Å². The quantitative estimate of drug-likeness (QED) is 0.686. The maximum absolute atomic E-state index is 12.1. The summed E-state index contributed by atoms with van der Waals surface area (Å²) in [5.74, 6) is -1.35. The van der Waals surface area contributed by atoms with Crippen molar-refractivity contribution in [1.82, 2.24) is 10.2 Å². The number of urea groups is 2. The fourth-order valence-electron chi connectivity index (χ4n) is 2.05. The summed E-state index contributed by atoms with van der Waals surface area (Å²) in [7, 11) is 0. The number of rotatable bonds is 4. The van der Waals surface area contributed by atoms with E-state index in [0.717, 1.165) is 4.90 Å². The van der Waals surface area contributed by atoms with E-state index in [-0.39, 0.29) is 12.1 Å². The third kappa shape index (κ3) is 3.96. The summed E-state index contributed by atoms with van der Waals surface area (Å²) in [5.41, 5.74) is 5.46. The first-order valence-corrected chi connectivity index (χ1v) is 6.85. The van der Waals surface area contributed by atoms with Gasteiger partial charge in [0.2, 0.25) is 0 Å². The Balaban J connectivity index is 2.02. The minimum absolute atomic E-state index is 0.141. The molecule has 0 aliphatic carbocycles. The summed E-state index contributed by atoms with van der Waals surface area (Å²) in [4.78, 5) is 47.3. The summed E-state index contributed by atoms with van der Waals surface area (Å²) in [5, 5.41) is 4.82. The Morgan fingerprint density at radius 3 is 2.74 bits per heavy atom.